The highest BCUT2D eigenvalue weighted by Crippen LogP contribution is 2.36. The Kier molecular flexibility index (Phi) is 3.25. The molecule has 2 atom stereocenters. The third kappa shape index (κ3) is 2.49. The van der Waals surface area contributed by atoms with E-state index in [1.54, 1.807) is 12.3 Å². The van der Waals surface area contributed by atoms with E-state index in [1.165, 1.54) is 5.56 Å². The molecule has 1 heterocycles. The third-order valence-corrected chi connectivity index (χ3v) is 3.78. The number of hydrogen-bond donors (Lipinski definition) is 2. The molecule has 0 saturated carbocycles. The standard InChI is InChI=1S/C15H19N3O/c1-11(9-18-8-7-16-10-18)17-14-6-5-13-12(14)3-2-4-15(13)19/h2-4,7-8,10-11,14,17,19H,5-6,9H2,1H3. The Labute approximate surface area is 113 Å². The first-order chi connectivity index (χ1) is 9.24. The lowest BCUT2D eigenvalue weighted by Gasteiger charge is -2.20. The number of phenolic OH excluding ortho intramolecular Hbond substituents is 1. The molecule has 0 bridgehead atoms. The van der Waals surface area contributed by atoms with Crippen LogP contribution >= 0.6 is 0 Å². The Morgan fingerprint density at radius 2 is 2.42 bits per heavy atom. The fourth-order valence-corrected chi connectivity index (χ4v) is 2.92. The van der Waals surface area contributed by atoms with Crippen LogP contribution in [-0.4, -0.2) is 20.7 Å². The summed E-state index contributed by atoms with van der Waals surface area (Å²) in [4.78, 5) is 4.06. The number of nitrogens with one attached hydrogen (secondary N) is 1. The van der Waals surface area contributed by atoms with E-state index >= 15 is 0 Å². The topological polar surface area (TPSA) is 50.1 Å². The zero-order valence-corrected chi connectivity index (χ0v) is 11.1. The van der Waals surface area contributed by atoms with E-state index < -0.39 is 0 Å². The highest BCUT2D eigenvalue weighted by atomic mass is 16.3. The van der Waals surface area contributed by atoms with E-state index in [-0.39, 0.29) is 0 Å². The van der Waals surface area contributed by atoms with E-state index in [2.05, 4.69) is 27.9 Å². The molecule has 2 aromatic rings. The molecule has 0 saturated heterocycles. The van der Waals surface area contributed by atoms with E-state index in [0.717, 1.165) is 24.9 Å². The second-order valence-corrected chi connectivity index (χ2v) is 5.26. The number of fused-ring (bicyclic) bond motifs is 1. The van der Waals surface area contributed by atoms with Gasteiger partial charge in [0.1, 0.15) is 5.75 Å². The van der Waals surface area contributed by atoms with Gasteiger partial charge in [-0.2, -0.15) is 0 Å². The number of hydrogen-bond acceptors (Lipinski definition) is 3. The highest BCUT2D eigenvalue weighted by Gasteiger charge is 2.25. The van der Waals surface area contributed by atoms with Crippen LogP contribution in [0.25, 0.3) is 0 Å². The van der Waals surface area contributed by atoms with Gasteiger partial charge in [-0.15, -0.1) is 0 Å². The van der Waals surface area contributed by atoms with Gasteiger partial charge in [-0.3, -0.25) is 0 Å². The van der Waals surface area contributed by atoms with Gasteiger partial charge in [0.05, 0.1) is 6.33 Å². The molecule has 0 radical (unpaired) electrons. The summed E-state index contributed by atoms with van der Waals surface area (Å²) in [7, 11) is 0. The van der Waals surface area contributed by atoms with Gasteiger partial charge in [-0.05, 0) is 37.0 Å². The van der Waals surface area contributed by atoms with Crippen LogP contribution < -0.4 is 5.32 Å². The van der Waals surface area contributed by atoms with Crippen molar-refractivity contribution in [1.29, 1.82) is 0 Å². The van der Waals surface area contributed by atoms with Crippen LogP contribution in [-0.2, 0) is 13.0 Å². The summed E-state index contributed by atoms with van der Waals surface area (Å²) in [6.07, 6.45) is 7.63. The van der Waals surface area contributed by atoms with Crippen molar-refractivity contribution in [2.75, 3.05) is 0 Å². The van der Waals surface area contributed by atoms with Crippen molar-refractivity contribution >= 4 is 0 Å². The summed E-state index contributed by atoms with van der Waals surface area (Å²) in [6, 6.07) is 6.53. The normalized spacial score (nSPS) is 19.3. The molecule has 0 aliphatic heterocycles. The lowest BCUT2D eigenvalue weighted by atomic mass is 10.1. The second-order valence-electron chi connectivity index (χ2n) is 5.26. The highest BCUT2D eigenvalue weighted by molar-refractivity contribution is 5.44. The lowest BCUT2D eigenvalue weighted by Crippen LogP contribution is -2.32. The number of nitrogens with zero attached hydrogens (tertiary/aromatic N) is 2. The number of rotatable bonds is 4. The van der Waals surface area contributed by atoms with Crippen LogP contribution in [0.15, 0.2) is 36.9 Å². The van der Waals surface area contributed by atoms with Crippen LogP contribution in [0.5, 0.6) is 5.75 Å². The summed E-state index contributed by atoms with van der Waals surface area (Å²) < 4.78 is 2.08. The van der Waals surface area contributed by atoms with Gasteiger partial charge in [-0.1, -0.05) is 12.1 Å². The Balaban J connectivity index is 1.68. The predicted octanol–water partition coefficient (Wildman–Crippen LogP) is 2.25. The molecular formula is C15H19N3O. The van der Waals surface area contributed by atoms with Crippen molar-refractivity contribution in [3.63, 3.8) is 0 Å². The van der Waals surface area contributed by atoms with E-state index in [0.29, 0.717) is 17.8 Å². The molecule has 1 aliphatic carbocycles. The minimum absolute atomic E-state index is 0.348. The van der Waals surface area contributed by atoms with Gasteiger partial charge in [-0.25, -0.2) is 4.98 Å². The zero-order valence-electron chi connectivity index (χ0n) is 11.1. The van der Waals surface area contributed by atoms with Gasteiger partial charge >= 0.3 is 0 Å². The maximum absolute atomic E-state index is 9.85. The van der Waals surface area contributed by atoms with Crippen LogP contribution in [0.2, 0.25) is 0 Å². The first-order valence-electron chi connectivity index (χ1n) is 6.76. The van der Waals surface area contributed by atoms with Gasteiger partial charge in [0.25, 0.3) is 0 Å². The molecule has 0 fully saturated rings. The molecule has 1 aliphatic rings. The first-order valence-corrected chi connectivity index (χ1v) is 6.76. The molecule has 0 amide bonds. The second kappa shape index (κ2) is 5.05. The number of aromatic hydroxyl groups is 1. The number of aromatic nitrogens is 2. The minimum Gasteiger partial charge on any atom is -0.508 e. The third-order valence-electron chi connectivity index (χ3n) is 3.78. The molecule has 2 N–H and O–H groups in total. The lowest BCUT2D eigenvalue weighted by molar-refractivity contribution is 0.412. The van der Waals surface area contributed by atoms with Crippen LogP contribution in [0, 0.1) is 0 Å². The molecule has 1 aromatic heterocycles. The number of phenols is 1. The molecule has 3 rings (SSSR count). The number of imidazole rings is 1. The van der Waals surface area contributed by atoms with Gasteiger partial charge in [0.15, 0.2) is 0 Å². The minimum atomic E-state index is 0.348. The van der Waals surface area contributed by atoms with Crippen molar-refractivity contribution in [2.45, 2.75) is 38.4 Å². The van der Waals surface area contributed by atoms with Crippen molar-refractivity contribution in [3.8, 4) is 5.75 Å². The smallest absolute Gasteiger partial charge is 0.119 e. The van der Waals surface area contributed by atoms with Crippen molar-refractivity contribution in [2.24, 2.45) is 0 Å². The van der Waals surface area contributed by atoms with Gasteiger partial charge in [0, 0.05) is 31.0 Å². The molecule has 4 nitrogen and oxygen atoms in total. The molecule has 100 valence electrons. The monoisotopic (exact) mass is 257 g/mol. The Morgan fingerprint density at radius 1 is 1.53 bits per heavy atom. The largest absolute Gasteiger partial charge is 0.508 e. The summed E-state index contributed by atoms with van der Waals surface area (Å²) in [5.41, 5.74) is 2.35. The molecule has 2 unspecified atom stereocenters. The molecule has 19 heavy (non-hydrogen) atoms. The SMILES string of the molecule is CC(Cn1ccnc1)NC1CCc2c(O)cccc21. The average molecular weight is 257 g/mol. The van der Waals surface area contributed by atoms with Crippen LogP contribution in [0.1, 0.15) is 30.5 Å². The summed E-state index contributed by atoms with van der Waals surface area (Å²) in [6.45, 7) is 3.09. The Hall–Kier alpha value is -1.81. The van der Waals surface area contributed by atoms with Gasteiger partial charge < -0.3 is 15.0 Å². The van der Waals surface area contributed by atoms with E-state index in [1.807, 2.05) is 18.6 Å². The molecule has 4 heteroatoms. The molecule has 0 spiro atoms. The maximum Gasteiger partial charge on any atom is 0.119 e. The zero-order chi connectivity index (χ0) is 13.2. The van der Waals surface area contributed by atoms with E-state index in [4.69, 9.17) is 0 Å². The van der Waals surface area contributed by atoms with Crippen LogP contribution in [0.3, 0.4) is 0 Å². The Bertz CT molecular complexity index is 551. The predicted molar refractivity (Wildman–Crippen MR) is 74.0 cm³/mol. The summed E-state index contributed by atoms with van der Waals surface area (Å²) in [5.74, 6) is 0.434. The average Bonchev–Trinajstić information content (AvgIpc) is 3.01. The fraction of sp³-hybridized carbons (Fsp3) is 0.400. The maximum atomic E-state index is 9.85. The first kappa shape index (κ1) is 12.2. The van der Waals surface area contributed by atoms with Crippen LogP contribution in [0.4, 0.5) is 0 Å². The summed E-state index contributed by atoms with van der Waals surface area (Å²) in [5, 5.41) is 13.5. The molecule has 1 aromatic carbocycles. The van der Waals surface area contributed by atoms with Crippen molar-refractivity contribution in [3.05, 3.63) is 48.0 Å². The van der Waals surface area contributed by atoms with Gasteiger partial charge in [0.2, 0.25) is 0 Å². The molecular weight excluding hydrogens is 238 g/mol. The van der Waals surface area contributed by atoms with Crippen molar-refractivity contribution in [1.82, 2.24) is 14.9 Å². The fourth-order valence-electron chi connectivity index (χ4n) is 2.92. The quantitative estimate of drug-likeness (QED) is 0.883. The Morgan fingerprint density at radius 3 is 3.21 bits per heavy atom. The van der Waals surface area contributed by atoms with E-state index in [9.17, 15) is 5.11 Å². The van der Waals surface area contributed by atoms with Crippen molar-refractivity contribution < 1.29 is 5.11 Å². The number of benzene rings is 1. The summed E-state index contributed by atoms with van der Waals surface area (Å²) >= 11 is 0.